The molecule has 1 atom stereocenters. The van der Waals surface area contributed by atoms with Crippen molar-refractivity contribution in [1.29, 1.82) is 0 Å². The molecule has 0 fully saturated rings. The summed E-state index contributed by atoms with van der Waals surface area (Å²) in [4.78, 5) is 0. The quantitative estimate of drug-likeness (QED) is 0.759. The molecular formula is C17H24O2. The molecule has 1 aromatic rings. The van der Waals surface area contributed by atoms with Crippen molar-refractivity contribution in [2.75, 3.05) is 13.2 Å². The van der Waals surface area contributed by atoms with Crippen LogP contribution >= 0.6 is 0 Å². The Morgan fingerprint density at radius 1 is 1.26 bits per heavy atom. The Hall–Kier alpha value is -1.46. The van der Waals surface area contributed by atoms with Gasteiger partial charge in [0, 0.05) is 0 Å². The van der Waals surface area contributed by atoms with E-state index in [4.69, 9.17) is 9.84 Å². The normalized spacial score (nSPS) is 11.5. The summed E-state index contributed by atoms with van der Waals surface area (Å²) in [5.74, 6) is 7.02. The van der Waals surface area contributed by atoms with Gasteiger partial charge < -0.3 is 9.84 Å². The van der Waals surface area contributed by atoms with Gasteiger partial charge in [-0.05, 0) is 24.5 Å². The average Bonchev–Trinajstić information content (AvgIpc) is 2.46. The maximum atomic E-state index is 8.76. The number of ether oxygens (including phenoxy) is 1. The van der Waals surface area contributed by atoms with Crippen LogP contribution in [0.2, 0.25) is 0 Å². The Labute approximate surface area is 116 Å². The third kappa shape index (κ3) is 5.81. The molecule has 0 heterocycles. The smallest absolute Gasteiger partial charge is 0.134 e. The van der Waals surface area contributed by atoms with Gasteiger partial charge in [-0.2, -0.15) is 0 Å². The average molecular weight is 260 g/mol. The van der Waals surface area contributed by atoms with Gasteiger partial charge in [-0.1, -0.05) is 57.1 Å². The van der Waals surface area contributed by atoms with Crippen molar-refractivity contribution < 1.29 is 9.84 Å². The molecule has 2 heteroatoms. The molecule has 0 aliphatic carbocycles. The number of benzene rings is 1. The van der Waals surface area contributed by atoms with E-state index in [1.807, 2.05) is 24.3 Å². The topological polar surface area (TPSA) is 29.5 Å². The number of hydrogen-bond acceptors (Lipinski definition) is 2. The minimum atomic E-state index is -0.123. The van der Waals surface area contributed by atoms with Crippen LogP contribution in [-0.2, 0) is 0 Å². The summed E-state index contributed by atoms with van der Waals surface area (Å²) < 4.78 is 5.90. The summed E-state index contributed by atoms with van der Waals surface area (Å²) >= 11 is 0. The zero-order chi connectivity index (χ0) is 13.9. The molecule has 0 aromatic heterocycles. The monoisotopic (exact) mass is 260 g/mol. The minimum Gasteiger partial charge on any atom is -0.492 e. The Kier molecular flexibility index (Phi) is 7.77. The lowest BCUT2D eigenvalue weighted by molar-refractivity contribution is 0.233. The maximum Gasteiger partial charge on any atom is 0.134 e. The molecule has 1 unspecified atom stereocenters. The van der Waals surface area contributed by atoms with Crippen LogP contribution in [0.25, 0.3) is 0 Å². The predicted molar refractivity (Wildman–Crippen MR) is 79.2 cm³/mol. The van der Waals surface area contributed by atoms with Crippen molar-refractivity contribution >= 4 is 0 Å². The predicted octanol–water partition coefficient (Wildman–Crippen LogP) is 3.63. The Morgan fingerprint density at radius 3 is 2.74 bits per heavy atom. The van der Waals surface area contributed by atoms with Crippen LogP contribution in [0.4, 0.5) is 0 Å². The van der Waals surface area contributed by atoms with E-state index in [1.54, 1.807) is 0 Å². The second-order valence-electron chi connectivity index (χ2n) is 4.68. The number of para-hydroxylation sites is 1. The van der Waals surface area contributed by atoms with Crippen molar-refractivity contribution in [1.82, 2.24) is 0 Å². The molecule has 0 spiro atoms. The third-order valence-electron chi connectivity index (χ3n) is 3.21. The van der Waals surface area contributed by atoms with Crippen LogP contribution in [-0.4, -0.2) is 18.3 Å². The zero-order valence-electron chi connectivity index (χ0n) is 12.0. The molecule has 0 bridgehead atoms. The Bertz CT molecular complexity index is 415. The lowest BCUT2D eigenvalue weighted by atomic mass is 10.0. The Balaban J connectivity index is 2.60. The molecule has 1 N–H and O–H groups in total. The first-order valence-electron chi connectivity index (χ1n) is 7.13. The van der Waals surface area contributed by atoms with Gasteiger partial charge in [0.15, 0.2) is 0 Å². The molecule has 0 saturated heterocycles. The van der Waals surface area contributed by atoms with Gasteiger partial charge in [-0.25, -0.2) is 0 Å². The largest absolute Gasteiger partial charge is 0.492 e. The summed E-state index contributed by atoms with van der Waals surface area (Å²) in [5, 5.41) is 8.76. The lowest BCUT2D eigenvalue weighted by Crippen LogP contribution is -2.11. The van der Waals surface area contributed by atoms with Crippen molar-refractivity contribution in [3.8, 4) is 17.6 Å². The molecule has 0 saturated carbocycles. The lowest BCUT2D eigenvalue weighted by Gasteiger charge is -2.16. The molecule has 0 radical (unpaired) electrons. The second kappa shape index (κ2) is 9.47. The molecule has 2 nitrogen and oxygen atoms in total. The minimum absolute atomic E-state index is 0.123. The Morgan fingerprint density at radius 2 is 2.05 bits per heavy atom. The van der Waals surface area contributed by atoms with Crippen LogP contribution in [0.15, 0.2) is 24.3 Å². The van der Waals surface area contributed by atoms with Crippen LogP contribution in [0.5, 0.6) is 5.75 Å². The highest BCUT2D eigenvalue weighted by atomic mass is 16.5. The molecule has 1 aromatic carbocycles. The van der Waals surface area contributed by atoms with E-state index in [1.165, 1.54) is 19.3 Å². The molecule has 1 rings (SSSR count). The fraction of sp³-hybridized carbons (Fsp3) is 0.529. The first-order valence-corrected chi connectivity index (χ1v) is 7.13. The van der Waals surface area contributed by atoms with Crippen molar-refractivity contribution in [3.63, 3.8) is 0 Å². The summed E-state index contributed by atoms with van der Waals surface area (Å²) in [7, 11) is 0. The zero-order valence-corrected chi connectivity index (χ0v) is 12.0. The molecule has 0 aliphatic heterocycles. The fourth-order valence-electron chi connectivity index (χ4n) is 1.94. The highest BCUT2D eigenvalue weighted by Crippen LogP contribution is 2.20. The molecule has 19 heavy (non-hydrogen) atoms. The number of hydrogen-bond donors (Lipinski definition) is 1. The number of rotatable bonds is 7. The van der Waals surface area contributed by atoms with E-state index < -0.39 is 0 Å². The van der Waals surface area contributed by atoms with Gasteiger partial charge in [0.25, 0.3) is 0 Å². The summed E-state index contributed by atoms with van der Waals surface area (Å²) in [5.41, 5.74) is 0.849. The standard InChI is InChI=1S/C17H24O2/c1-3-5-9-15(4-2)14-19-17-12-7-6-10-16(17)11-8-13-18/h6-7,10,12,15,18H,3-5,9,13-14H2,1-2H3. The van der Waals surface area contributed by atoms with Crippen molar-refractivity contribution in [2.45, 2.75) is 39.5 Å². The molecular weight excluding hydrogens is 236 g/mol. The van der Waals surface area contributed by atoms with Gasteiger partial charge in [0.2, 0.25) is 0 Å². The highest BCUT2D eigenvalue weighted by Gasteiger charge is 2.08. The van der Waals surface area contributed by atoms with Gasteiger partial charge in [-0.3, -0.25) is 0 Å². The van der Waals surface area contributed by atoms with Gasteiger partial charge in [0.05, 0.1) is 12.2 Å². The van der Waals surface area contributed by atoms with E-state index in [9.17, 15) is 0 Å². The summed E-state index contributed by atoms with van der Waals surface area (Å²) in [6, 6.07) is 7.74. The van der Waals surface area contributed by atoms with E-state index in [2.05, 4.69) is 25.7 Å². The van der Waals surface area contributed by atoms with Crippen LogP contribution in [0.3, 0.4) is 0 Å². The van der Waals surface area contributed by atoms with Gasteiger partial charge in [0.1, 0.15) is 12.4 Å². The van der Waals surface area contributed by atoms with E-state index in [-0.39, 0.29) is 6.61 Å². The number of aliphatic hydroxyl groups excluding tert-OH is 1. The van der Waals surface area contributed by atoms with Gasteiger partial charge >= 0.3 is 0 Å². The molecule has 0 amide bonds. The first-order chi connectivity index (χ1) is 9.31. The summed E-state index contributed by atoms with van der Waals surface area (Å²) in [6.45, 7) is 5.05. The van der Waals surface area contributed by atoms with Gasteiger partial charge in [-0.15, -0.1) is 0 Å². The van der Waals surface area contributed by atoms with Crippen molar-refractivity contribution in [3.05, 3.63) is 29.8 Å². The second-order valence-corrected chi connectivity index (χ2v) is 4.68. The third-order valence-corrected chi connectivity index (χ3v) is 3.21. The molecule has 0 aliphatic rings. The van der Waals surface area contributed by atoms with Crippen LogP contribution in [0.1, 0.15) is 45.1 Å². The SMILES string of the molecule is CCCCC(CC)COc1ccccc1C#CCO. The highest BCUT2D eigenvalue weighted by molar-refractivity contribution is 5.45. The first kappa shape index (κ1) is 15.6. The fourth-order valence-corrected chi connectivity index (χ4v) is 1.94. The van der Waals surface area contributed by atoms with Crippen LogP contribution in [0, 0.1) is 17.8 Å². The van der Waals surface area contributed by atoms with E-state index in [0.29, 0.717) is 5.92 Å². The molecule has 104 valence electrons. The van der Waals surface area contributed by atoms with E-state index in [0.717, 1.165) is 24.3 Å². The maximum absolute atomic E-state index is 8.76. The number of unbranched alkanes of at least 4 members (excludes halogenated alkanes) is 1. The van der Waals surface area contributed by atoms with Crippen molar-refractivity contribution in [2.24, 2.45) is 5.92 Å². The number of aliphatic hydroxyl groups is 1. The van der Waals surface area contributed by atoms with Crippen LogP contribution < -0.4 is 4.74 Å². The summed E-state index contributed by atoms with van der Waals surface area (Å²) in [6.07, 6.45) is 4.85. The van der Waals surface area contributed by atoms with E-state index >= 15 is 0 Å².